The van der Waals surface area contributed by atoms with Gasteiger partial charge in [-0.05, 0) is 18.1 Å². The summed E-state index contributed by atoms with van der Waals surface area (Å²) in [6, 6.07) is 2.59. The average Bonchev–Trinajstić information content (AvgIpc) is 2.41. The first kappa shape index (κ1) is 13.5. The topological polar surface area (TPSA) is 74.9 Å². The molecule has 19 heavy (non-hydrogen) atoms. The minimum Gasteiger partial charge on any atom is -0.411 e. The van der Waals surface area contributed by atoms with E-state index in [0.29, 0.717) is 31.7 Å². The minimum atomic E-state index is -1.08. The summed E-state index contributed by atoms with van der Waals surface area (Å²) in [4.78, 5) is 3.88. The van der Waals surface area contributed by atoms with Crippen LogP contribution in [0.1, 0.15) is 24.2 Å². The molecule has 100 valence electrons. The predicted octanol–water partition coefficient (Wildman–Crippen LogP) is 0.922. The Bertz CT molecular complexity index is 543. The highest BCUT2D eigenvalue weighted by Crippen LogP contribution is 2.19. The Morgan fingerprint density at radius 1 is 1.42 bits per heavy atom. The number of aromatic nitrogens is 1. The lowest BCUT2D eigenvalue weighted by molar-refractivity contribution is -0.0262. The van der Waals surface area contributed by atoms with Crippen molar-refractivity contribution in [3.8, 4) is 11.8 Å². The number of rotatable bonds is 1. The number of ether oxygens (including phenoxy) is 1. The lowest BCUT2D eigenvalue weighted by Crippen LogP contribution is -2.34. The van der Waals surface area contributed by atoms with E-state index in [4.69, 9.17) is 9.94 Å². The molecule has 1 fully saturated rings. The highest BCUT2D eigenvalue weighted by molar-refractivity contribution is 5.76. The average molecular weight is 264 g/mol. The smallest absolute Gasteiger partial charge is 0.150 e. The van der Waals surface area contributed by atoms with Crippen LogP contribution in [0.25, 0.3) is 0 Å². The van der Waals surface area contributed by atoms with Crippen LogP contribution < -0.4 is 0 Å². The van der Waals surface area contributed by atoms with Crippen LogP contribution in [0.15, 0.2) is 17.3 Å². The first-order chi connectivity index (χ1) is 9.13. The Hall–Kier alpha value is -1.97. The molecule has 1 aliphatic heterocycles. The van der Waals surface area contributed by atoms with Crippen molar-refractivity contribution in [2.24, 2.45) is 5.16 Å². The standard InChI is InChI=1S/C13H13FN2O3/c14-11-2-1-10(16-12(11)9-15-18)3-4-13(17)5-7-19-8-6-13/h1-2,9,17-18H,5-8H2/b15-9-. The molecule has 0 amide bonds. The molecule has 5 nitrogen and oxygen atoms in total. The van der Waals surface area contributed by atoms with Crippen LogP contribution in [0.3, 0.4) is 0 Å². The second-order valence-corrected chi connectivity index (χ2v) is 4.20. The normalized spacial score (nSPS) is 18.0. The number of aliphatic hydroxyl groups is 1. The third-order valence-electron chi connectivity index (χ3n) is 2.80. The molecule has 2 N–H and O–H groups in total. The molecule has 0 bridgehead atoms. The van der Waals surface area contributed by atoms with Gasteiger partial charge < -0.3 is 15.1 Å². The van der Waals surface area contributed by atoms with Gasteiger partial charge in [-0.25, -0.2) is 9.37 Å². The minimum absolute atomic E-state index is 0.103. The Kier molecular flexibility index (Phi) is 4.10. The fourth-order valence-corrected chi connectivity index (χ4v) is 1.69. The molecular weight excluding hydrogens is 251 g/mol. The predicted molar refractivity (Wildman–Crippen MR) is 65.5 cm³/mol. The van der Waals surface area contributed by atoms with Crippen molar-refractivity contribution in [1.82, 2.24) is 4.98 Å². The van der Waals surface area contributed by atoms with Crippen molar-refractivity contribution >= 4 is 6.21 Å². The van der Waals surface area contributed by atoms with Gasteiger partial charge in [-0.2, -0.15) is 0 Å². The molecule has 6 heteroatoms. The summed E-state index contributed by atoms with van der Waals surface area (Å²) in [5.74, 6) is 4.84. The maximum absolute atomic E-state index is 13.2. The summed E-state index contributed by atoms with van der Waals surface area (Å²) in [6.45, 7) is 0.925. The maximum Gasteiger partial charge on any atom is 0.150 e. The van der Waals surface area contributed by atoms with Crippen LogP contribution in [0.4, 0.5) is 4.39 Å². The Morgan fingerprint density at radius 2 is 2.16 bits per heavy atom. The number of pyridine rings is 1. The first-order valence-corrected chi connectivity index (χ1v) is 5.80. The molecule has 2 heterocycles. The van der Waals surface area contributed by atoms with Crippen molar-refractivity contribution in [1.29, 1.82) is 0 Å². The molecule has 0 radical (unpaired) electrons. The van der Waals surface area contributed by atoms with E-state index < -0.39 is 11.4 Å². The fourth-order valence-electron chi connectivity index (χ4n) is 1.69. The van der Waals surface area contributed by atoms with Gasteiger partial charge in [-0.1, -0.05) is 11.1 Å². The molecular formula is C13H13FN2O3. The summed E-state index contributed by atoms with van der Waals surface area (Å²) in [6.07, 6.45) is 1.77. The van der Waals surface area contributed by atoms with E-state index in [1.807, 2.05) is 0 Å². The van der Waals surface area contributed by atoms with Crippen molar-refractivity contribution in [3.63, 3.8) is 0 Å². The zero-order chi connectivity index (χ0) is 13.7. The number of halogens is 1. The van der Waals surface area contributed by atoms with Crippen molar-refractivity contribution in [2.75, 3.05) is 13.2 Å². The first-order valence-electron chi connectivity index (χ1n) is 5.80. The zero-order valence-electron chi connectivity index (χ0n) is 10.1. The van der Waals surface area contributed by atoms with Gasteiger partial charge in [-0.15, -0.1) is 0 Å². The van der Waals surface area contributed by atoms with Crippen LogP contribution in [-0.2, 0) is 4.74 Å². The number of hydrogen-bond donors (Lipinski definition) is 2. The molecule has 0 aromatic carbocycles. The summed E-state index contributed by atoms with van der Waals surface area (Å²) in [5.41, 5.74) is -0.885. The molecule has 1 aromatic rings. The maximum atomic E-state index is 13.2. The lowest BCUT2D eigenvalue weighted by atomic mass is 9.95. The van der Waals surface area contributed by atoms with Gasteiger partial charge in [0.15, 0.2) is 5.82 Å². The monoisotopic (exact) mass is 264 g/mol. The van der Waals surface area contributed by atoms with E-state index in [1.165, 1.54) is 12.1 Å². The van der Waals surface area contributed by atoms with Gasteiger partial charge in [-0.3, -0.25) is 0 Å². The van der Waals surface area contributed by atoms with Crippen molar-refractivity contribution in [2.45, 2.75) is 18.4 Å². The summed E-state index contributed by atoms with van der Waals surface area (Å²) in [7, 11) is 0. The van der Waals surface area contributed by atoms with E-state index in [9.17, 15) is 9.50 Å². The number of nitrogens with zero attached hydrogens (tertiary/aromatic N) is 2. The van der Waals surface area contributed by atoms with Crippen LogP contribution in [0.2, 0.25) is 0 Å². The van der Waals surface area contributed by atoms with Gasteiger partial charge in [0, 0.05) is 12.8 Å². The molecule has 0 aliphatic carbocycles. The van der Waals surface area contributed by atoms with Crippen molar-refractivity contribution < 1.29 is 19.4 Å². The van der Waals surface area contributed by atoms with Crippen LogP contribution in [0, 0.1) is 17.7 Å². The van der Waals surface area contributed by atoms with E-state index in [0.717, 1.165) is 6.21 Å². The molecule has 0 spiro atoms. The highest BCUT2D eigenvalue weighted by Gasteiger charge is 2.27. The largest absolute Gasteiger partial charge is 0.411 e. The van der Waals surface area contributed by atoms with E-state index in [-0.39, 0.29) is 5.69 Å². The molecule has 0 saturated carbocycles. The van der Waals surface area contributed by atoms with E-state index in [2.05, 4.69) is 22.0 Å². The molecule has 0 unspecified atom stereocenters. The third kappa shape index (κ3) is 3.50. The van der Waals surface area contributed by atoms with Crippen LogP contribution in [-0.4, -0.2) is 40.3 Å². The summed E-state index contributed by atoms with van der Waals surface area (Å²) < 4.78 is 18.4. The zero-order valence-corrected chi connectivity index (χ0v) is 10.1. The molecule has 1 aliphatic rings. The fraction of sp³-hybridized carbons (Fsp3) is 0.385. The lowest BCUT2D eigenvalue weighted by Gasteiger charge is -2.26. The molecule has 1 saturated heterocycles. The van der Waals surface area contributed by atoms with Crippen LogP contribution >= 0.6 is 0 Å². The quantitative estimate of drug-likeness (QED) is 0.342. The Morgan fingerprint density at radius 3 is 2.84 bits per heavy atom. The van der Waals surface area contributed by atoms with Gasteiger partial charge in [0.05, 0.1) is 19.4 Å². The van der Waals surface area contributed by atoms with Gasteiger partial charge in [0.2, 0.25) is 0 Å². The number of hydrogen-bond acceptors (Lipinski definition) is 5. The van der Waals surface area contributed by atoms with Gasteiger partial charge >= 0.3 is 0 Å². The summed E-state index contributed by atoms with van der Waals surface area (Å²) >= 11 is 0. The molecule has 1 aromatic heterocycles. The molecule has 0 atom stereocenters. The molecule has 2 rings (SSSR count). The second kappa shape index (κ2) is 5.78. The van der Waals surface area contributed by atoms with Crippen LogP contribution in [0.5, 0.6) is 0 Å². The van der Waals surface area contributed by atoms with Crippen molar-refractivity contribution in [3.05, 3.63) is 29.3 Å². The highest BCUT2D eigenvalue weighted by atomic mass is 19.1. The Balaban J connectivity index is 2.22. The number of oxime groups is 1. The SMILES string of the molecule is O/N=C\c1nc(C#CC2(O)CCOCC2)ccc1F. The summed E-state index contributed by atoms with van der Waals surface area (Å²) in [5, 5.41) is 21.3. The van der Waals surface area contributed by atoms with E-state index >= 15 is 0 Å². The van der Waals surface area contributed by atoms with Gasteiger partial charge in [0.1, 0.15) is 17.0 Å². The van der Waals surface area contributed by atoms with E-state index in [1.54, 1.807) is 0 Å². The Labute approximate surface area is 109 Å². The third-order valence-corrected chi connectivity index (χ3v) is 2.80. The second-order valence-electron chi connectivity index (χ2n) is 4.20. The van der Waals surface area contributed by atoms with Gasteiger partial charge in [0.25, 0.3) is 0 Å².